The summed E-state index contributed by atoms with van der Waals surface area (Å²) in [7, 11) is 0. The second-order valence-electron chi connectivity index (χ2n) is 7.58. The minimum atomic E-state index is -0.0693. The quantitative estimate of drug-likeness (QED) is 0.637. The largest absolute Gasteiger partial charge is 0.371 e. The van der Waals surface area contributed by atoms with Crippen LogP contribution in [0.1, 0.15) is 42.9 Å². The lowest BCUT2D eigenvalue weighted by Gasteiger charge is -2.31. The van der Waals surface area contributed by atoms with Gasteiger partial charge in [0.15, 0.2) is 0 Å². The predicted molar refractivity (Wildman–Crippen MR) is 117 cm³/mol. The van der Waals surface area contributed by atoms with Crippen LogP contribution < -0.4 is 15.5 Å². The number of hydrogen-bond donors (Lipinski definition) is 2. The van der Waals surface area contributed by atoms with Gasteiger partial charge in [0.25, 0.3) is 0 Å². The molecule has 3 rings (SSSR count). The van der Waals surface area contributed by atoms with Crippen LogP contribution in [0.15, 0.2) is 48.5 Å². The van der Waals surface area contributed by atoms with E-state index in [1.807, 2.05) is 6.07 Å². The first-order chi connectivity index (χ1) is 13.8. The Hall–Kier alpha value is -2.49. The third kappa shape index (κ3) is 6.01. The topological polar surface area (TPSA) is 44.4 Å². The molecule has 0 aromatic heterocycles. The standard InChI is InChI=1S/C24H33N3O/c1-2-17-27-18-7-11-22-19-21(12-13-23(22)27)14-16-26-24(28)25-15-6-10-20-8-4-3-5-9-20/h3-5,8-9,12-13,19H,2,6-7,10-11,14-18H2,1H3,(H2,25,26,28). The first-order valence-corrected chi connectivity index (χ1v) is 10.7. The van der Waals surface area contributed by atoms with Gasteiger partial charge in [-0.1, -0.05) is 49.4 Å². The van der Waals surface area contributed by atoms with E-state index in [4.69, 9.17) is 0 Å². The van der Waals surface area contributed by atoms with Crippen molar-refractivity contribution >= 4 is 11.7 Å². The van der Waals surface area contributed by atoms with Gasteiger partial charge in [0.2, 0.25) is 0 Å². The number of nitrogens with one attached hydrogen (secondary N) is 2. The zero-order valence-corrected chi connectivity index (χ0v) is 17.0. The van der Waals surface area contributed by atoms with E-state index in [9.17, 15) is 4.79 Å². The summed E-state index contributed by atoms with van der Waals surface area (Å²) in [4.78, 5) is 14.5. The Morgan fingerprint density at radius 2 is 1.82 bits per heavy atom. The summed E-state index contributed by atoms with van der Waals surface area (Å²) in [5.74, 6) is 0. The van der Waals surface area contributed by atoms with E-state index >= 15 is 0 Å². The van der Waals surface area contributed by atoms with E-state index in [1.54, 1.807) is 0 Å². The summed E-state index contributed by atoms with van der Waals surface area (Å²) < 4.78 is 0. The minimum Gasteiger partial charge on any atom is -0.371 e. The average molecular weight is 380 g/mol. The third-order valence-electron chi connectivity index (χ3n) is 5.32. The lowest BCUT2D eigenvalue weighted by Crippen LogP contribution is -2.37. The molecule has 2 aromatic carbocycles. The van der Waals surface area contributed by atoms with E-state index in [-0.39, 0.29) is 6.03 Å². The van der Waals surface area contributed by atoms with Crippen molar-refractivity contribution in [2.24, 2.45) is 0 Å². The number of urea groups is 1. The highest BCUT2D eigenvalue weighted by Gasteiger charge is 2.16. The highest BCUT2D eigenvalue weighted by Crippen LogP contribution is 2.28. The van der Waals surface area contributed by atoms with E-state index in [0.29, 0.717) is 13.1 Å². The van der Waals surface area contributed by atoms with Gasteiger partial charge in [-0.25, -0.2) is 4.79 Å². The molecule has 0 aliphatic carbocycles. The molecule has 1 aliphatic heterocycles. The van der Waals surface area contributed by atoms with E-state index in [2.05, 4.69) is 64.9 Å². The predicted octanol–water partition coefficient (Wildman–Crippen LogP) is 4.32. The second kappa shape index (κ2) is 10.7. The van der Waals surface area contributed by atoms with Crippen molar-refractivity contribution < 1.29 is 4.79 Å². The number of aryl methyl sites for hydroxylation is 2. The highest BCUT2D eigenvalue weighted by atomic mass is 16.2. The molecule has 1 heterocycles. The van der Waals surface area contributed by atoms with Crippen LogP contribution in [-0.4, -0.2) is 32.2 Å². The summed E-state index contributed by atoms with van der Waals surface area (Å²) in [6.45, 7) is 5.92. The molecule has 4 nitrogen and oxygen atoms in total. The van der Waals surface area contributed by atoms with Crippen LogP contribution in [0.5, 0.6) is 0 Å². The third-order valence-corrected chi connectivity index (χ3v) is 5.32. The van der Waals surface area contributed by atoms with Crippen molar-refractivity contribution in [3.05, 3.63) is 65.2 Å². The van der Waals surface area contributed by atoms with Gasteiger partial charge in [0.05, 0.1) is 0 Å². The number of anilines is 1. The van der Waals surface area contributed by atoms with Crippen LogP contribution in [0.25, 0.3) is 0 Å². The fourth-order valence-electron chi connectivity index (χ4n) is 3.91. The van der Waals surface area contributed by atoms with Crippen LogP contribution >= 0.6 is 0 Å². The molecule has 0 saturated heterocycles. The number of nitrogens with zero attached hydrogens (tertiary/aromatic N) is 1. The van der Waals surface area contributed by atoms with Crippen LogP contribution in [0.3, 0.4) is 0 Å². The number of hydrogen-bond acceptors (Lipinski definition) is 2. The molecule has 28 heavy (non-hydrogen) atoms. The minimum absolute atomic E-state index is 0.0693. The van der Waals surface area contributed by atoms with E-state index in [0.717, 1.165) is 25.8 Å². The lowest BCUT2D eigenvalue weighted by atomic mass is 9.98. The Morgan fingerprint density at radius 3 is 2.64 bits per heavy atom. The van der Waals surface area contributed by atoms with Crippen LogP contribution in [0.4, 0.5) is 10.5 Å². The van der Waals surface area contributed by atoms with Gasteiger partial charge < -0.3 is 15.5 Å². The molecule has 0 radical (unpaired) electrons. The molecule has 0 bridgehead atoms. The Morgan fingerprint density at radius 1 is 1.00 bits per heavy atom. The fourth-order valence-corrected chi connectivity index (χ4v) is 3.91. The summed E-state index contributed by atoms with van der Waals surface area (Å²) >= 11 is 0. The molecule has 0 saturated carbocycles. The number of carbonyl (C=O) groups excluding carboxylic acids is 1. The maximum absolute atomic E-state index is 12.0. The molecule has 2 aromatic rings. The molecule has 2 N–H and O–H groups in total. The number of fused-ring (bicyclic) bond motifs is 1. The van der Waals surface area contributed by atoms with Gasteiger partial charge in [-0.2, -0.15) is 0 Å². The Balaban J connectivity index is 1.36. The smallest absolute Gasteiger partial charge is 0.314 e. The maximum atomic E-state index is 12.0. The van der Waals surface area contributed by atoms with E-state index in [1.165, 1.54) is 48.2 Å². The summed E-state index contributed by atoms with van der Waals surface area (Å²) in [6, 6.07) is 17.1. The van der Waals surface area contributed by atoms with Gasteiger partial charge >= 0.3 is 6.03 Å². The Labute approximate surface area is 169 Å². The molecule has 4 heteroatoms. The van der Waals surface area contributed by atoms with Gasteiger partial charge in [-0.15, -0.1) is 0 Å². The van der Waals surface area contributed by atoms with Gasteiger partial charge in [-0.05, 0) is 61.3 Å². The van der Waals surface area contributed by atoms with Crippen molar-refractivity contribution in [2.45, 2.75) is 45.4 Å². The SMILES string of the molecule is CCCN1CCCc2cc(CCNC(=O)NCCCc3ccccc3)ccc21. The molecule has 0 spiro atoms. The first kappa shape index (κ1) is 20.2. The van der Waals surface area contributed by atoms with Crippen LogP contribution in [0.2, 0.25) is 0 Å². The molecule has 2 amide bonds. The van der Waals surface area contributed by atoms with Gasteiger partial charge in [-0.3, -0.25) is 0 Å². The molecule has 1 aliphatic rings. The van der Waals surface area contributed by atoms with Crippen molar-refractivity contribution in [3.63, 3.8) is 0 Å². The van der Waals surface area contributed by atoms with Gasteiger partial charge in [0.1, 0.15) is 0 Å². The van der Waals surface area contributed by atoms with Crippen LogP contribution in [-0.2, 0) is 19.3 Å². The zero-order valence-electron chi connectivity index (χ0n) is 17.0. The number of benzene rings is 2. The second-order valence-corrected chi connectivity index (χ2v) is 7.58. The van der Waals surface area contributed by atoms with Crippen LogP contribution in [0, 0.1) is 0 Å². The molecular formula is C24H33N3O. The van der Waals surface area contributed by atoms with Crippen molar-refractivity contribution in [1.29, 1.82) is 0 Å². The first-order valence-electron chi connectivity index (χ1n) is 10.7. The summed E-state index contributed by atoms with van der Waals surface area (Å²) in [5.41, 5.74) is 5.49. The molecule has 0 atom stereocenters. The maximum Gasteiger partial charge on any atom is 0.314 e. The van der Waals surface area contributed by atoms with Crippen molar-refractivity contribution in [1.82, 2.24) is 10.6 Å². The Kier molecular flexibility index (Phi) is 7.77. The van der Waals surface area contributed by atoms with Gasteiger partial charge in [0, 0.05) is 31.9 Å². The molecular weight excluding hydrogens is 346 g/mol. The van der Waals surface area contributed by atoms with E-state index < -0.39 is 0 Å². The normalized spacial score (nSPS) is 13.1. The zero-order chi connectivity index (χ0) is 19.6. The Bertz CT molecular complexity index is 745. The number of amides is 2. The monoisotopic (exact) mass is 379 g/mol. The molecule has 0 fully saturated rings. The summed E-state index contributed by atoms with van der Waals surface area (Å²) in [6.07, 6.45) is 6.41. The van der Waals surface area contributed by atoms with Crippen molar-refractivity contribution in [2.75, 3.05) is 31.1 Å². The summed E-state index contributed by atoms with van der Waals surface area (Å²) in [5, 5.41) is 5.93. The fraction of sp³-hybridized carbons (Fsp3) is 0.458. The lowest BCUT2D eigenvalue weighted by molar-refractivity contribution is 0.241. The number of rotatable bonds is 9. The average Bonchev–Trinajstić information content (AvgIpc) is 2.72. The number of carbonyl (C=O) groups is 1. The van der Waals surface area contributed by atoms with Crippen molar-refractivity contribution in [3.8, 4) is 0 Å². The molecule has 150 valence electrons. The highest BCUT2D eigenvalue weighted by molar-refractivity contribution is 5.73. The molecule has 0 unspecified atom stereocenters.